The molecule has 1 aromatic heterocycles. The Labute approximate surface area is 108 Å². The second-order valence-electron chi connectivity index (χ2n) is 5.37. The van der Waals surface area contributed by atoms with Crippen molar-refractivity contribution < 1.29 is 8.42 Å². The van der Waals surface area contributed by atoms with Crippen LogP contribution >= 0.6 is 0 Å². The molecule has 1 aliphatic carbocycles. The molecule has 100 valence electrons. The Morgan fingerprint density at radius 3 is 2.56 bits per heavy atom. The average molecular weight is 269 g/mol. The number of rotatable bonds is 5. The zero-order valence-corrected chi connectivity index (χ0v) is 11.7. The summed E-state index contributed by atoms with van der Waals surface area (Å²) >= 11 is 0. The molecule has 18 heavy (non-hydrogen) atoms. The molecule has 0 saturated heterocycles. The Morgan fingerprint density at radius 1 is 1.44 bits per heavy atom. The first-order chi connectivity index (χ1) is 8.35. The third-order valence-electron chi connectivity index (χ3n) is 3.54. The number of nitrogens with one attached hydrogen (secondary N) is 2. The number of pyridine rings is 1. The lowest BCUT2D eigenvalue weighted by atomic mass is 10.1. The zero-order chi connectivity index (χ0) is 13.4. The summed E-state index contributed by atoms with van der Waals surface area (Å²) in [5.74, 6) is 1.09. The van der Waals surface area contributed by atoms with Crippen LogP contribution in [0.3, 0.4) is 0 Å². The quantitative estimate of drug-likeness (QED) is 0.848. The van der Waals surface area contributed by atoms with E-state index in [1.807, 2.05) is 0 Å². The van der Waals surface area contributed by atoms with Gasteiger partial charge in [-0.1, -0.05) is 13.8 Å². The first-order valence-corrected chi connectivity index (χ1v) is 7.47. The topological polar surface area (TPSA) is 71.1 Å². The highest BCUT2D eigenvalue weighted by Gasteiger charge is 2.45. The van der Waals surface area contributed by atoms with Crippen molar-refractivity contribution in [2.24, 2.45) is 11.3 Å². The van der Waals surface area contributed by atoms with Crippen molar-refractivity contribution >= 4 is 15.8 Å². The van der Waals surface area contributed by atoms with Crippen LogP contribution in [0.25, 0.3) is 0 Å². The Morgan fingerprint density at radius 2 is 2.11 bits per heavy atom. The lowest BCUT2D eigenvalue weighted by Gasteiger charge is -2.08. The summed E-state index contributed by atoms with van der Waals surface area (Å²) in [5.41, 5.74) is 0.275. The Balaban J connectivity index is 2.01. The van der Waals surface area contributed by atoms with Crippen molar-refractivity contribution in [2.45, 2.75) is 25.2 Å². The van der Waals surface area contributed by atoms with E-state index in [0.29, 0.717) is 18.3 Å². The fraction of sp³-hybridized carbons (Fsp3) is 0.583. The maximum absolute atomic E-state index is 12.0. The maximum Gasteiger partial charge on any atom is 0.242 e. The second-order valence-corrected chi connectivity index (χ2v) is 7.14. The predicted molar refractivity (Wildman–Crippen MR) is 70.9 cm³/mol. The van der Waals surface area contributed by atoms with Gasteiger partial charge in [-0.25, -0.2) is 18.1 Å². The molecule has 1 unspecified atom stereocenters. The van der Waals surface area contributed by atoms with E-state index >= 15 is 0 Å². The summed E-state index contributed by atoms with van der Waals surface area (Å²) in [6.07, 6.45) is 2.44. The number of aromatic nitrogens is 1. The lowest BCUT2D eigenvalue weighted by molar-refractivity contribution is 0.537. The molecule has 2 rings (SSSR count). The Hall–Kier alpha value is -1.14. The van der Waals surface area contributed by atoms with Crippen LogP contribution in [-0.2, 0) is 10.0 Å². The predicted octanol–water partition coefficient (Wildman–Crippen LogP) is 1.45. The minimum Gasteiger partial charge on any atom is -0.373 e. The van der Waals surface area contributed by atoms with Crippen molar-refractivity contribution in [3.63, 3.8) is 0 Å². The van der Waals surface area contributed by atoms with Gasteiger partial charge < -0.3 is 5.32 Å². The fourth-order valence-electron chi connectivity index (χ4n) is 1.91. The van der Waals surface area contributed by atoms with E-state index in [4.69, 9.17) is 0 Å². The Bertz CT molecular complexity index is 523. The third kappa shape index (κ3) is 2.81. The van der Waals surface area contributed by atoms with Crippen molar-refractivity contribution in [3.8, 4) is 0 Å². The van der Waals surface area contributed by atoms with Crippen LogP contribution in [-0.4, -0.2) is 27.0 Å². The number of sulfonamides is 1. The first-order valence-electron chi connectivity index (χ1n) is 5.99. The highest BCUT2D eigenvalue weighted by atomic mass is 32.2. The van der Waals surface area contributed by atoms with E-state index in [9.17, 15) is 8.42 Å². The molecule has 6 heteroatoms. The first kappa shape index (κ1) is 13.3. The summed E-state index contributed by atoms with van der Waals surface area (Å²) in [7, 11) is -1.69. The van der Waals surface area contributed by atoms with Crippen molar-refractivity contribution in [2.75, 3.05) is 18.9 Å². The van der Waals surface area contributed by atoms with Gasteiger partial charge in [0, 0.05) is 19.8 Å². The standard InChI is InChI=1S/C12H19N3O2S/c1-12(2)6-9(12)7-15-18(16,17)10-4-5-11(13-3)14-8-10/h4-5,8-9,15H,6-7H2,1-3H3,(H,13,14). The third-order valence-corrected chi connectivity index (χ3v) is 4.95. The van der Waals surface area contributed by atoms with Crippen molar-refractivity contribution in [1.29, 1.82) is 0 Å². The van der Waals surface area contributed by atoms with Crippen LogP contribution in [0, 0.1) is 11.3 Å². The van der Waals surface area contributed by atoms with Gasteiger partial charge in [0.25, 0.3) is 0 Å². The normalized spacial score (nSPS) is 21.6. The minimum absolute atomic E-state index is 0.208. The molecule has 1 saturated carbocycles. The van der Waals surface area contributed by atoms with Crippen LogP contribution in [0.15, 0.2) is 23.2 Å². The summed E-state index contributed by atoms with van der Waals surface area (Å²) in [6, 6.07) is 3.20. The number of anilines is 1. The molecule has 1 aromatic rings. The van der Waals surface area contributed by atoms with E-state index in [-0.39, 0.29) is 10.3 Å². The summed E-state index contributed by atoms with van der Waals surface area (Å²) in [5, 5.41) is 2.85. The molecule has 0 amide bonds. The minimum atomic E-state index is -3.43. The fourth-order valence-corrected chi connectivity index (χ4v) is 2.93. The number of hydrogen-bond donors (Lipinski definition) is 2. The summed E-state index contributed by atoms with van der Waals surface area (Å²) < 4.78 is 26.6. The summed E-state index contributed by atoms with van der Waals surface area (Å²) in [6.45, 7) is 4.80. The molecular formula is C12H19N3O2S. The van der Waals surface area contributed by atoms with E-state index in [1.54, 1.807) is 19.2 Å². The molecule has 1 fully saturated rings. The smallest absolute Gasteiger partial charge is 0.242 e. The van der Waals surface area contributed by atoms with Crippen LogP contribution in [0.1, 0.15) is 20.3 Å². The van der Waals surface area contributed by atoms with Crippen LogP contribution in [0.4, 0.5) is 5.82 Å². The number of nitrogens with zero attached hydrogens (tertiary/aromatic N) is 1. The van der Waals surface area contributed by atoms with E-state index in [1.165, 1.54) is 6.20 Å². The van der Waals surface area contributed by atoms with E-state index in [0.717, 1.165) is 6.42 Å². The molecule has 5 nitrogen and oxygen atoms in total. The van der Waals surface area contributed by atoms with Gasteiger partial charge >= 0.3 is 0 Å². The van der Waals surface area contributed by atoms with Gasteiger partial charge in [0.15, 0.2) is 0 Å². The zero-order valence-electron chi connectivity index (χ0n) is 10.9. The molecule has 0 aliphatic heterocycles. The van der Waals surface area contributed by atoms with Crippen LogP contribution in [0.2, 0.25) is 0 Å². The van der Waals surface area contributed by atoms with Gasteiger partial charge in [-0.05, 0) is 29.9 Å². The van der Waals surface area contributed by atoms with Gasteiger partial charge in [-0.3, -0.25) is 0 Å². The van der Waals surface area contributed by atoms with E-state index < -0.39 is 10.0 Å². The lowest BCUT2D eigenvalue weighted by Crippen LogP contribution is -2.27. The molecule has 0 spiro atoms. The molecular weight excluding hydrogens is 250 g/mol. The van der Waals surface area contributed by atoms with Gasteiger partial charge in [0.1, 0.15) is 10.7 Å². The van der Waals surface area contributed by atoms with Crippen LogP contribution < -0.4 is 10.0 Å². The Kier molecular flexibility index (Phi) is 3.33. The monoisotopic (exact) mass is 269 g/mol. The van der Waals surface area contributed by atoms with Crippen molar-refractivity contribution in [3.05, 3.63) is 18.3 Å². The maximum atomic E-state index is 12.0. The van der Waals surface area contributed by atoms with Crippen LogP contribution in [0.5, 0.6) is 0 Å². The molecule has 0 aromatic carbocycles. The second kappa shape index (κ2) is 4.51. The average Bonchev–Trinajstić information content (AvgIpc) is 2.95. The van der Waals surface area contributed by atoms with Gasteiger partial charge in [0.05, 0.1) is 0 Å². The SMILES string of the molecule is CNc1ccc(S(=O)(=O)NCC2CC2(C)C)cn1. The highest BCUT2D eigenvalue weighted by Crippen LogP contribution is 2.51. The largest absolute Gasteiger partial charge is 0.373 e. The molecule has 1 atom stereocenters. The number of hydrogen-bond acceptors (Lipinski definition) is 4. The van der Waals surface area contributed by atoms with E-state index in [2.05, 4.69) is 28.9 Å². The van der Waals surface area contributed by atoms with Gasteiger partial charge in [0.2, 0.25) is 10.0 Å². The molecule has 0 bridgehead atoms. The highest BCUT2D eigenvalue weighted by molar-refractivity contribution is 7.89. The van der Waals surface area contributed by atoms with Crippen molar-refractivity contribution in [1.82, 2.24) is 9.71 Å². The molecule has 2 N–H and O–H groups in total. The molecule has 1 heterocycles. The van der Waals surface area contributed by atoms with Gasteiger partial charge in [-0.2, -0.15) is 0 Å². The van der Waals surface area contributed by atoms with Gasteiger partial charge in [-0.15, -0.1) is 0 Å². The summed E-state index contributed by atoms with van der Waals surface area (Å²) in [4.78, 5) is 4.21. The molecule has 1 aliphatic rings. The molecule has 0 radical (unpaired) electrons.